The molecule has 0 aromatic heterocycles. The third-order valence-electron chi connectivity index (χ3n) is 4.44. The Morgan fingerprint density at radius 1 is 1.00 bits per heavy atom. The second-order valence-electron chi connectivity index (χ2n) is 5.64. The normalized spacial score (nSPS) is 28.0. The molecule has 1 heterocycles. The number of carbonyl (C=O) groups excluding carboxylic acids is 1. The SMILES string of the molecule is O=C1c2ccccc2CCC[C@]12O[C@H]2c1ccccc1. The Kier molecular flexibility index (Phi) is 2.54. The van der Waals surface area contributed by atoms with Gasteiger partial charge in [-0.2, -0.15) is 0 Å². The molecule has 2 aliphatic rings. The van der Waals surface area contributed by atoms with Gasteiger partial charge in [0.2, 0.25) is 0 Å². The molecule has 1 spiro atoms. The Balaban J connectivity index is 1.73. The van der Waals surface area contributed by atoms with Crippen LogP contribution >= 0.6 is 0 Å². The van der Waals surface area contributed by atoms with Gasteiger partial charge in [-0.3, -0.25) is 4.79 Å². The van der Waals surface area contributed by atoms with Gasteiger partial charge in [-0.1, -0.05) is 54.6 Å². The molecular formula is C18H16O2. The fraction of sp³-hybridized carbons (Fsp3) is 0.278. The van der Waals surface area contributed by atoms with Crippen LogP contribution in [0.4, 0.5) is 0 Å². The van der Waals surface area contributed by atoms with E-state index in [1.165, 1.54) is 0 Å². The molecule has 0 bridgehead atoms. The lowest BCUT2D eigenvalue weighted by Crippen LogP contribution is -2.24. The van der Waals surface area contributed by atoms with E-state index in [9.17, 15) is 4.79 Å². The van der Waals surface area contributed by atoms with Crippen molar-refractivity contribution in [3.63, 3.8) is 0 Å². The fourth-order valence-corrected chi connectivity index (χ4v) is 3.35. The van der Waals surface area contributed by atoms with E-state index in [1.54, 1.807) is 0 Å². The average molecular weight is 264 g/mol. The molecule has 0 unspecified atom stereocenters. The molecule has 1 saturated heterocycles. The van der Waals surface area contributed by atoms with Crippen LogP contribution in [0.2, 0.25) is 0 Å². The van der Waals surface area contributed by atoms with Crippen molar-refractivity contribution in [1.29, 1.82) is 0 Å². The van der Waals surface area contributed by atoms with Crippen LogP contribution < -0.4 is 0 Å². The third kappa shape index (κ3) is 1.65. The van der Waals surface area contributed by atoms with Crippen LogP contribution in [0.15, 0.2) is 54.6 Å². The number of hydrogen-bond acceptors (Lipinski definition) is 2. The maximum atomic E-state index is 12.9. The largest absolute Gasteiger partial charge is 0.352 e. The van der Waals surface area contributed by atoms with Crippen LogP contribution in [0, 0.1) is 0 Å². The first-order valence-electron chi connectivity index (χ1n) is 7.17. The Hall–Kier alpha value is -1.93. The third-order valence-corrected chi connectivity index (χ3v) is 4.44. The lowest BCUT2D eigenvalue weighted by atomic mass is 9.89. The summed E-state index contributed by atoms with van der Waals surface area (Å²) in [6.07, 6.45) is 2.73. The zero-order chi connectivity index (χ0) is 13.6. The summed E-state index contributed by atoms with van der Waals surface area (Å²) >= 11 is 0. The molecule has 2 aromatic carbocycles. The Labute approximate surface area is 118 Å². The van der Waals surface area contributed by atoms with E-state index < -0.39 is 5.60 Å². The van der Waals surface area contributed by atoms with Crippen LogP contribution in [0.3, 0.4) is 0 Å². The van der Waals surface area contributed by atoms with Gasteiger partial charge in [0.05, 0.1) is 0 Å². The molecule has 0 amide bonds. The molecule has 2 nitrogen and oxygen atoms in total. The monoisotopic (exact) mass is 264 g/mol. The molecule has 0 radical (unpaired) electrons. The van der Waals surface area contributed by atoms with Gasteiger partial charge in [-0.15, -0.1) is 0 Å². The summed E-state index contributed by atoms with van der Waals surface area (Å²) in [4.78, 5) is 12.9. The highest BCUT2D eigenvalue weighted by Gasteiger charge is 2.62. The first-order chi connectivity index (χ1) is 9.81. The molecule has 1 aliphatic carbocycles. The summed E-state index contributed by atoms with van der Waals surface area (Å²) in [7, 11) is 0. The zero-order valence-corrected chi connectivity index (χ0v) is 11.2. The van der Waals surface area contributed by atoms with Crippen molar-refractivity contribution in [2.75, 3.05) is 0 Å². The van der Waals surface area contributed by atoms with Gasteiger partial charge < -0.3 is 4.74 Å². The molecule has 2 heteroatoms. The van der Waals surface area contributed by atoms with Crippen LogP contribution in [-0.4, -0.2) is 11.4 Å². The number of hydrogen-bond donors (Lipinski definition) is 0. The highest BCUT2D eigenvalue weighted by atomic mass is 16.6. The summed E-state index contributed by atoms with van der Waals surface area (Å²) in [6, 6.07) is 18.0. The van der Waals surface area contributed by atoms with Crippen molar-refractivity contribution < 1.29 is 9.53 Å². The van der Waals surface area contributed by atoms with E-state index in [-0.39, 0.29) is 11.9 Å². The van der Waals surface area contributed by atoms with Crippen molar-refractivity contribution in [2.24, 2.45) is 0 Å². The molecule has 20 heavy (non-hydrogen) atoms. The minimum absolute atomic E-state index is 0.0673. The quantitative estimate of drug-likeness (QED) is 0.735. The van der Waals surface area contributed by atoms with Gasteiger partial charge in [0, 0.05) is 5.56 Å². The first kappa shape index (κ1) is 11.9. The number of ketones is 1. The van der Waals surface area contributed by atoms with E-state index in [0.717, 1.165) is 36.0 Å². The second kappa shape index (κ2) is 4.29. The predicted molar refractivity (Wildman–Crippen MR) is 76.7 cm³/mol. The van der Waals surface area contributed by atoms with E-state index in [0.29, 0.717) is 0 Å². The topological polar surface area (TPSA) is 29.6 Å². The first-order valence-corrected chi connectivity index (χ1v) is 7.17. The molecule has 0 saturated carbocycles. The Morgan fingerprint density at radius 2 is 1.75 bits per heavy atom. The summed E-state index contributed by atoms with van der Waals surface area (Å²) in [6.45, 7) is 0. The molecule has 4 rings (SSSR count). The molecule has 2 aromatic rings. The maximum Gasteiger partial charge on any atom is 0.197 e. The smallest absolute Gasteiger partial charge is 0.197 e. The average Bonchev–Trinajstić information content (AvgIpc) is 3.25. The van der Waals surface area contributed by atoms with Gasteiger partial charge in [-0.25, -0.2) is 0 Å². The summed E-state index contributed by atoms with van der Waals surface area (Å²) in [5.74, 6) is 0.166. The van der Waals surface area contributed by atoms with Gasteiger partial charge >= 0.3 is 0 Å². The number of carbonyl (C=O) groups is 1. The van der Waals surface area contributed by atoms with Crippen molar-refractivity contribution >= 4 is 5.78 Å². The summed E-state index contributed by atoms with van der Waals surface area (Å²) in [5.41, 5.74) is 2.52. The van der Waals surface area contributed by atoms with E-state index in [2.05, 4.69) is 6.07 Å². The van der Waals surface area contributed by atoms with Crippen molar-refractivity contribution in [3.8, 4) is 0 Å². The van der Waals surface area contributed by atoms with E-state index in [1.807, 2.05) is 48.5 Å². The molecular weight excluding hydrogens is 248 g/mol. The number of benzene rings is 2. The van der Waals surface area contributed by atoms with Gasteiger partial charge in [0.15, 0.2) is 11.4 Å². The van der Waals surface area contributed by atoms with Gasteiger partial charge in [0.25, 0.3) is 0 Å². The van der Waals surface area contributed by atoms with Crippen LogP contribution in [0.5, 0.6) is 0 Å². The van der Waals surface area contributed by atoms with Crippen molar-refractivity contribution in [3.05, 3.63) is 71.3 Å². The molecule has 100 valence electrons. The number of rotatable bonds is 1. The highest BCUT2D eigenvalue weighted by molar-refractivity contribution is 6.06. The van der Waals surface area contributed by atoms with Crippen LogP contribution in [-0.2, 0) is 11.2 Å². The number of aryl methyl sites for hydroxylation is 1. The van der Waals surface area contributed by atoms with Gasteiger partial charge in [0.1, 0.15) is 6.10 Å². The maximum absolute atomic E-state index is 12.9. The van der Waals surface area contributed by atoms with Crippen LogP contribution in [0.1, 0.15) is 40.4 Å². The van der Waals surface area contributed by atoms with E-state index >= 15 is 0 Å². The van der Waals surface area contributed by atoms with Crippen LogP contribution in [0.25, 0.3) is 0 Å². The molecule has 1 aliphatic heterocycles. The Morgan fingerprint density at radius 3 is 2.60 bits per heavy atom. The lowest BCUT2D eigenvalue weighted by molar-refractivity contribution is 0.0867. The van der Waals surface area contributed by atoms with E-state index in [4.69, 9.17) is 4.74 Å². The molecule has 0 N–H and O–H groups in total. The number of Topliss-reactive ketones (excluding diaryl/α,β-unsaturated/α-hetero) is 1. The highest BCUT2D eigenvalue weighted by Crippen LogP contribution is 2.55. The number of ether oxygens (including phenoxy) is 1. The minimum Gasteiger partial charge on any atom is -0.352 e. The summed E-state index contributed by atoms with van der Waals surface area (Å²) < 4.78 is 5.93. The lowest BCUT2D eigenvalue weighted by Gasteiger charge is -2.09. The Bertz CT molecular complexity index is 662. The summed E-state index contributed by atoms with van der Waals surface area (Å²) in [5, 5.41) is 0. The molecule has 2 atom stereocenters. The van der Waals surface area contributed by atoms with Crippen molar-refractivity contribution in [1.82, 2.24) is 0 Å². The standard InChI is InChI=1S/C18H16O2/c19-16-15-11-5-4-7-13(15)10-6-12-18(16)17(20-18)14-8-2-1-3-9-14/h1-5,7-9,11,17H,6,10,12H2/t17-,18-/m0/s1. The minimum atomic E-state index is -0.603. The van der Waals surface area contributed by atoms with Gasteiger partial charge in [-0.05, 0) is 30.4 Å². The molecule has 1 fully saturated rings. The van der Waals surface area contributed by atoms with Crippen molar-refractivity contribution in [2.45, 2.75) is 31.0 Å². The second-order valence-corrected chi connectivity index (χ2v) is 5.64. The zero-order valence-electron chi connectivity index (χ0n) is 11.2. The number of epoxide rings is 1. The number of fused-ring (bicyclic) bond motifs is 1. The fourth-order valence-electron chi connectivity index (χ4n) is 3.35. The predicted octanol–water partition coefficient (Wildman–Crippen LogP) is 3.72.